The third-order valence-electron chi connectivity index (χ3n) is 4.90. The smallest absolute Gasteiger partial charge is 0.160 e. The summed E-state index contributed by atoms with van der Waals surface area (Å²) in [5.41, 5.74) is 2.28. The highest BCUT2D eigenvalue weighted by atomic mass is 32.2. The quantitative estimate of drug-likeness (QED) is 0.757. The second-order valence-electron chi connectivity index (χ2n) is 7.08. The number of amidine groups is 1. The Hall–Kier alpha value is -2.01. The van der Waals surface area contributed by atoms with Crippen molar-refractivity contribution < 1.29 is 4.74 Å². The van der Waals surface area contributed by atoms with E-state index in [1.165, 1.54) is 5.56 Å². The molecule has 1 saturated heterocycles. The number of thioether (sulfide) groups is 1. The Bertz CT molecular complexity index is 793. The molecule has 26 heavy (non-hydrogen) atoms. The summed E-state index contributed by atoms with van der Waals surface area (Å²) in [5.74, 6) is 2.04. The Labute approximate surface area is 159 Å². The molecule has 3 heterocycles. The normalized spacial score (nSPS) is 24.7. The number of ether oxygens (including phenoxy) is 1. The van der Waals surface area contributed by atoms with Gasteiger partial charge in [-0.25, -0.2) is 0 Å². The van der Waals surface area contributed by atoms with Gasteiger partial charge in [0.15, 0.2) is 5.17 Å². The van der Waals surface area contributed by atoms with E-state index in [2.05, 4.69) is 54.9 Å². The van der Waals surface area contributed by atoms with Gasteiger partial charge in [0.25, 0.3) is 0 Å². The van der Waals surface area contributed by atoms with Crippen molar-refractivity contribution in [3.63, 3.8) is 0 Å². The van der Waals surface area contributed by atoms with Gasteiger partial charge in [0, 0.05) is 18.0 Å². The Morgan fingerprint density at radius 1 is 1.23 bits per heavy atom. The van der Waals surface area contributed by atoms with Crippen molar-refractivity contribution in [1.29, 1.82) is 0 Å². The van der Waals surface area contributed by atoms with Crippen LogP contribution in [-0.4, -0.2) is 33.0 Å². The minimum Gasteiger partial charge on any atom is -0.491 e. The van der Waals surface area contributed by atoms with E-state index in [1.54, 1.807) is 0 Å². The zero-order valence-electron chi connectivity index (χ0n) is 15.5. The predicted molar refractivity (Wildman–Crippen MR) is 108 cm³/mol. The average Bonchev–Trinajstić information content (AvgIpc) is 3.21. The van der Waals surface area contributed by atoms with Gasteiger partial charge in [-0.15, -0.1) is 0 Å². The lowest BCUT2D eigenvalue weighted by Crippen LogP contribution is -2.35. The highest BCUT2D eigenvalue weighted by Crippen LogP contribution is 2.48. The highest BCUT2D eigenvalue weighted by molar-refractivity contribution is 8.14. The maximum atomic E-state index is 5.94. The monoisotopic (exact) mass is 367 g/mol. The molecule has 0 bridgehead atoms. The van der Waals surface area contributed by atoms with Crippen molar-refractivity contribution in [3.05, 3.63) is 59.9 Å². The maximum absolute atomic E-state index is 5.94. The standard InChI is InChI=1S/C21H25N3OS/c1-4-16-13-26-21-23-19(18-10-5-6-11-22-18)20(24(16)21)15-8-7-9-17(12-15)25-14(2)3/h5-12,14,16,19-20H,4,13H2,1-3H3. The summed E-state index contributed by atoms with van der Waals surface area (Å²) >= 11 is 1.87. The Kier molecular flexibility index (Phi) is 4.90. The molecule has 2 aromatic rings. The zero-order chi connectivity index (χ0) is 18.1. The molecule has 1 fully saturated rings. The topological polar surface area (TPSA) is 37.7 Å². The first-order valence-corrected chi connectivity index (χ1v) is 10.3. The molecule has 1 aromatic carbocycles. The van der Waals surface area contributed by atoms with Gasteiger partial charge in [-0.05, 0) is 50.1 Å². The molecule has 0 radical (unpaired) electrons. The summed E-state index contributed by atoms with van der Waals surface area (Å²) in [6.45, 7) is 6.38. The highest BCUT2D eigenvalue weighted by Gasteiger charge is 2.45. The van der Waals surface area contributed by atoms with Crippen LogP contribution in [0.2, 0.25) is 0 Å². The molecule has 3 unspecified atom stereocenters. The second-order valence-corrected chi connectivity index (χ2v) is 8.06. The van der Waals surface area contributed by atoms with Crippen molar-refractivity contribution in [2.45, 2.75) is 51.4 Å². The Morgan fingerprint density at radius 2 is 2.12 bits per heavy atom. The van der Waals surface area contributed by atoms with E-state index in [0.717, 1.165) is 28.8 Å². The van der Waals surface area contributed by atoms with Crippen LogP contribution >= 0.6 is 11.8 Å². The van der Waals surface area contributed by atoms with Crippen LogP contribution in [0.5, 0.6) is 5.75 Å². The largest absolute Gasteiger partial charge is 0.491 e. The molecule has 5 heteroatoms. The molecule has 2 aliphatic rings. The molecule has 0 spiro atoms. The fraction of sp³-hybridized carbons (Fsp3) is 0.429. The molecule has 0 saturated carbocycles. The lowest BCUT2D eigenvalue weighted by molar-refractivity contribution is 0.237. The molecule has 1 aromatic heterocycles. The van der Waals surface area contributed by atoms with E-state index in [1.807, 2.05) is 36.2 Å². The van der Waals surface area contributed by atoms with Crippen LogP contribution in [0, 0.1) is 0 Å². The first-order valence-electron chi connectivity index (χ1n) is 9.34. The number of fused-ring (bicyclic) bond motifs is 1. The van der Waals surface area contributed by atoms with Crippen molar-refractivity contribution in [2.75, 3.05) is 5.75 Å². The summed E-state index contributed by atoms with van der Waals surface area (Å²) in [7, 11) is 0. The van der Waals surface area contributed by atoms with Crippen molar-refractivity contribution in [1.82, 2.24) is 9.88 Å². The molecular weight excluding hydrogens is 342 g/mol. The number of nitrogens with zero attached hydrogens (tertiary/aromatic N) is 3. The van der Waals surface area contributed by atoms with Crippen LogP contribution in [0.1, 0.15) is 50.5 Å². The van der Waals surface area contributed by atoms with Crippen LogP contribution in [0.25, 0.3) is 0 Å². The molecular formula is C21H25N3OS. The number of aliphatic imine (C=N–C) groups is 1. The van der Waals surface area contributed by atoms with Crippen molar-refractivity contribution in [2.24, 2.45) is 4.99 Å². The lowest BCUT2D eigenvalue weighted by Gasteiger charge is -2.32. The minimum atomic E-state index is 0.0300. The second kappa shape index (κ2) is 7.31. The van der Waals surface area contributed by atoms with E-state index in [4.69, 9.17) is 9.73 Å². The van der Waals surface area contributed by atoms with E-state index in [0.29, 0.717) is 6.04 Å². The van der Waals surface area contributed by atoms with E-state index in [-0.39, 0.29) is 18.2 Å². The van der Waals surface area contributed by atoms with Crippen LogP contribution in [0.4, 0.5) is 0 Å². The third kappa shape index (κ3) is 3.20. The van der Waals surface area contributed by atoms with Crippen LogP contribution < -0.4 is 4.74 Å². The summed E-state index contributed by atoms with van der Waals surface area (Å²) in [5, 5.41) is 1.16. The number of aromatic nitrogens is 1. The summed E-state index contributed by atoms with van der Waals surface area (Å²) < 4.78 is 5.94. The summed E-state index contributed by atoms with van der Waals surface area (Å²) in [6, 6.07) is 15.3. The van der Waals surface area contributed by atoms with Gasteiger partial charge in [0.05, 0.1) is 17.8 Å². The van der Waals surface area contributed by atoms with Gasteiger partial charge in [0.2, 0.25) is 0 Å². The van der Waals surface area contributed by atoms with Gasteiger partial charge in [-0.2, -0.15) is 0 Å². The molecule has 4 nitrogen and oxygen atoms in total. The number of pyridine rings is 1. The molecule has 0 amide bonds. The lowest BCUT2D eigenvalue weighted by atomic mass is 9.95. The fourth-order valence-corrected chi connectivity index (χ4v) is 5.09. The van der Waals surface area contributed by atoms with E-state index < -0.39 is 0 Å². The number of benzene rings is 1. The van der Waals surface area contributed by atoms with Crippen LogP contribution in [0.3, 0.4) is 0 Å². The zero-order valence-corrected chi connectivity index (χ0v) is 16.3. The summed E-state index contributed by atoms with van der Waals surface area (Å²) in [6.07, 6.45) is 3.15. The summed E-state index contributed by atoms with van der Waals surface area (Å²) in [4.78, 5) is 12.2. The van der Waals surface area contributed by atoms with Crippen LogP contribution in [0.15, 0.2) is 53.7 Å². The molecule has 4 rings (SSSR count). The van der Waals surface area contributed by atoms with E-state index in [9.17, 15) is 0 Å². The van der Waals surface area contributed by atoms with Crippen LogP contribution in [-0.2, 0) is 0 Å². The van der Waals surface area contributed by atoms with E-state index >= 15 is 0 Å². The average molecular weight is 368 g/mol. The predicted octanol–water partition coefficient (Wildman–Crippen LogP) is 4.85. The van der Waals surface area contributed by atoms with Gasteiger partial charge in [-0.3, -0.25) is 9.98 Å². The first kappa shape index (κ1) is 17.4. The third-order valence-corrected chi connectivity index (χ3v) is 6.03. The van der Waals surface area contributed by atoms with Gasteiger partial charge in [-0.1, -0.05) is 36.9 Å². The molecule has 0 N–H and O–H groups in total. The van der Waals surface area contributed by atoms with Gasteiger partial charge >= 0.3 is 0 Å². The number of rotatable bonds is 5. The van der Waals surface area contributed by atoms with Gasteiger partial charge in [0.1, 0.15) is 11.8 Å². The SMILES string of the molecule is CCC1CSC2=NC(c3ccccn3)C(c3cccc(OC(C)C)c3)N21. The fourth-order valence-electron chi connectivity index (χ4n) is 3.75. The molecule has 0 aliphatic carbocycles. The molecule has 136 valence electrons. The van der Waals surface area contributed by atoms with Gasteiger partial charge < -0.3 is 9.64 Å². The Morgan fingerprint density at radius 3 is 2.85 bits per heavy atom. The molecule has 2 aliphatic heterocycles. The molecule has 3 atom stereocenters. The minimum absolute atomic E-state index is 0.0300. The number of hydrogen-bond donors (Lipinski definition) is 0. The maximum Gasteiger partial charge on any atom is 0.160 e. The Balaban J connectivity index is 1.75. The van der Waals surface area contributed by atoms with Crippen molar-refractivity contribution >= 4 is 16.9 Å². The number of hydrogen-bond acceptors (Lipinski definition) is 5. The first-order chi connectivity index (χ1) is 12.7. The van der Waals surface area contributed by atoms with Crippen molar-refractivity contribution in [3.8, 4) is 5.75 Å².